The Balaban J connectivity index is 2.42. The van der Waals surface area contributed by atoms with Crippen molar-refractivity contribution in [2.45, 2.75) is 5.41 Å². The van der Waals surface area contributed by atoms with Gasteiger partial charge in [0.15, 0.2) is 0 Å². The standard InChI is InChI=1S/C15H9Cl4NO2/c1-20-13(21)8-9(16)10(17)11(18)12(19)15(8,14(20)22)7-5-3-2-4-6-7/h2-6,8H,1H3. The first-order valence-electron chi connectivity index (χ1n) is 6.34. The van der Waals surface area contributed by atoms with Crippen LogP contribution in [-0.4, -0.2) is 23.8 Å². The number of amides is 2. The highest BCUT2D eigenvalue weighted by molar-refractivity contribution is 6.53. The van der Waals surface area contributed by atoms with E-state index in [1.165, 1.54) is 7.05 Å². The Kier molecular flexibility index (Phi) is 3.81. The molecule has 1 heterocycles. The Labute approximate surface area is 147 Å². The van der Waals surface area contributed by atoms with Gasteiger partial charge in [0.1, 0.15) is 5.41 Å². The summed E-state index contributed by atoms with van der Waals surface area (Å²) in [5, 5.41) is 0.0383. The van der Waals surface area contributed by atoms with Gasteiger partial charge in [0, 0.05) is 7.05 Å². The summed E-state index contributed by atoms with van der Waals surface area (Å²) in [5.41, 5.74) is -0.908. The molecule has 2 atom stereocenters. The first-order valence-corrected chi connectivity index (χ1v) is 7.85. The van der Waals surface area contributed by atoms with E-state index in [2.05, 4.69) is 0 Å². The lowest BCUT2D eigenvalue weighted by molar-refractivity contribution is -0.138. The van der Waals surface area contributed by atoms with Crippen LogP contribution >= 0.6 is 46.4 Å². The summed E-state index contributed by atoms with van der Waals surface area (Å²) in [6.45, 7) is 0. The molecular formula is C15H9Cl4NO2. The molecule has 1 aromatic rings. The summed E-state index contributed by atoms with van der Waals surface area (Å²) in [5.74, 6) is -1.94. The highest BCUT2D eigenvalue weighted by Gasteiger charge is 2.65. The summed E-state index contributed by atoms with van der Waals surface area (Å²) in [6, 6.07) is 8.74. The van der Waals surface area contributed by atoms with Gasteiger partial charge in [0.25, 0.3) is 0 Å². The van der Waals surface area contributed by atoms with E-state index in [0.29, 0.717) is 5.56 Å². The van der Waals surface area contributed by atoms with Gasteiger partial charge in [0.2, 0.25) is 11.8 Å². The van der Waals surface area contributed by atoms with Crippen LogP contribution in [0.3, 0.4) is 0 Å². The summed E-state index contributed by atoms with van der Waals surface area (Å²) in [7, 11) is 1.39. The van der Waals surface area contributed by atoms with Crippen molar-refractivity contribution in [2.24, 2.45) is 5.92 Å². The molecule has 22 heavy (non-hydrogen) atoms. The molecule has 0 saturated carbocycles. The van der Waals surface area contributed by atoms with Gasteiger partial charge in [-0.25, -0.2) is 0 Å². The maximum atomic E-state index is 12.9. The number of likely N-dealkylation sites (N-methyl/N-ethyl adjacent to an activating group) is 1. The number of nitrogens with zero attached hydrogens (tertiary/aromatic N) is 1. The van der Waals surface area contributed by atoms with Crippen LogP contribution in [0, 0.1) is 5.92 Å². The molecule has 7 heteroatoms. The van der Waals surface area contributed by atoms with Gasteiger partial charge in [0.05, 0.1) is 26.0 Å². The molecule has 2 unspecified atom stereocenters. The number of rotatable bonds is 1. The predicted molar refractivity (Wildman–Crippen MR) is 86.9 cm³/mol. The highest BCUT2D eigenvalue weighted by atomic mass is 35.5. The SMILES string of the molecule is CN1C(=O)C2C(Cl)=C(Cl)C(Cl)=C(Cl)C2(c2ccccc2)C1=O. The minimum Gasteiger partial charge on any atom is -0.284 e. The molecule has 0 spiro atoms. The van der Waals surface area contributed by atoms with Gasteiger partial charge in [-0.2, -0.15) is 0 Å². The maximum Gasteiger partial charge on any atom is 0.246 e. The summed E-state index contributed by atoms with van der Waals surface area (Å²) in [4.78, 5) is 26.4. The molecule has 1 saturated heterocycles. The number of allylic oxidation sites excluding steroid dienone is 2. The minimum absolute atomic E-state index is 0.00124. The second-order valence-electron chi connectivity index (χ2n) is 5.10. The molecule has 1 aromatic carbocycles. The molecular weight excluding hydrogens is 368 g/mol. The molecule has 114 valence electrons. The average molecular weight is 377 g/mol. The van der Waals surface area contributed by atoms with Gasteiger partial charge < -0.3 is 0 Å². The van der Waals surface area contributed by atoms with E-state index in [0.717, 1.165) is 4.90 Å². The van der Waals surface area contributed by atoms with E-state index < -0.39 is 23.1 Å². The quantitative estimate of drug-likeness (QED) is 0.696. The second-order valence-corrected chi connectivity index (χ2v) is 6.64. The normalized spacial score (nSPS) is 28.6. The van der Waals surface area contributed by atoms with Crippen LogP contribution < -0.4 is 0 Å². The molecule has 0 radical (unpaired) electrons. The molecule has 1 aliphatic carbocycles. The van der Waals surface area contributed by atoms with Crippen LogP contribution in [0.15, 0.2) is 50.5 Å². The van der Waals surface area contributed by atoms with Crippen LogP contribution in [-0.2, 0) is 15.0 Å². The average Bonchev–Trinajstić information content (AvgIpc) is 2.74. The number of likely N-dealkylation sites (tertiary alicyclic amines) is 1. The van der Waals surface area contributed by atoms with E-state index >= 15 is 0 Å². The fraction of sp³-hybridized carbons (Fsp3) is 0.200. The number of halogens is 4. The van der Waals surface area contributed by atoms with Crippen LogP contribution in [0.2, 0.25) is 0 Å². The number of imide groups is 1. The van der Waals surface area contributed by atoms with Crippen LogP contribution in [0.5, 0.6) is 0 Å². The zero-order chi connectivity index (χ0) is 16.2. The fourth-order valence-corrected chi connectivity index (χ4v) is 4.30. The first kappa shape index (κ1) is 15.9. The number of benzene rings is 1. The third kappa shape index (κ3) is 1.77. The molecule has 1 aliphatic heterocycles. The first-order chi connectivity index (χ1) is 10.3. The van der Waals surface area contributed by atoms with Crippen molar-refractivity contribution >= 4 is 58.2 Å². The third-order valence-electron chi connectivity index (χ3n) is 4.08. The largest absolute Gasteiger partial charge is 0.284 e. The predicted octanol–water partition coefficient (Wildman–Crippen LogP) is 3.93. The van der Waals surface area contributed by atoms with Gasteiger partial charge >= 0.3 is 0 Å². The van der Waals surface area contributed by atoms with E-state index in [4.69, 9.17) is 46.4 Å². The van der Waals surface area contributed by atoms with Gasteiger partial charge in [-0.3, -0.25) is 14.5 Å². The van der Waals surface area contributed by atoms with E-state index in [-0.39, 0.29) is 20.1 Å². The van der Waals surface area contributed by atoms with E-state index in [1.54, 1.807) is 30.3 Å². The molecule has 3 rings (SSSR count). The number of carbonyl (C=O) groups is 2. The summed E-state index contributed by atoms with van der Waals surface area (Å²) in [6.07, 6.45) is 0. The summed E-state index contributed by atoms with van der Waals surface area (Å²) >= 11 is 24.9. The van der Waals surface area contributed by atoms with Gasteiger partial charge in [-0.15, -0.1) is 0 Å². The van der Waals surface area contributed by atoms with Crippen molar-refractivity contribution in [3.05, 3.63) is 56.0 Å². The molecule has 2 aliphatic rings. The minimum atomic E-state index is -1.46. The molecule has 1 fully saturated rings. The Bertz CT molecular complexity index is 756. The zero-order valence-corrected chi connectivity index (χ0v) is 14.3. The lowest BCUT2D eigenvalue weighted by Crippen LogP contribution is -2.43. The Morgan fingerprint density at radius 1 is 1.00 bits per heavy atom. The molecule has 2 amide bonds. The van der Waals surface area contributed by atoms with E-state index in [1.807, 2.05) is 0 Å². The molecule has 0 aromatic heterocycles. The molecule has 0 N–H and O–H groups in total. The number of carbonyl (C=O) groups excluding carboxylic acids is 2. The zero-order valence-electron chi connectivity index (χ0n) is 11.2. The van der Waals surface area contributed by atoms with E-state index in [9.17, 15) is 9.59 Å². The van der Waals surface area contributed by atoms with Crippen molar-refractivity contribution in [3.8, 4) is 0 Å². The molecule has 0 bridgehead atoms. The van der Waals surface area contributed by atoms with Gasteiger partial charge in [-0.1, -0.05) is 76.7 Å². The lowest BCUT2D eigenvalue weighted by atomic mass is 9.69. The van der Waals surface area contributed by atoms with Gasteiger partial charge in [-0.05, 0) is 5.56 Å². The molecule has 3 nitrogen and oxygen atoms in total. The van der Waals surface area contributed by atoms with Crippen LogP contribution in [0.25, 0.3) is 0 Å². The Morgan fingerprint density at radius 2 is 1.59 bits per heavy atom. The number of fused-ring (bicyclic) bond motifs is 1. The van der Waals surface area contributed by atoms with Crippen molar-refractivity contribution in [1.29, 1.82) is 0 Å². The van der Waals surface area contributed by atoms with Crippen LogP contribution in [0.1, 0.15) is 5.56 Å². The third-order valence-corrected chi connectivity index (χ3v) is 6.03. The number of hydrogen-bond acceptors (Lipinski definition) is 2. The monoisotopic (exact) mass is 375 g/mol. The Hall–Kier alpha value is -1.00. The fourth-order valence-electron chi connectivity index (χ4n) is 3.00. The maximum absolute atomic E-state index is 12.9. The topological polar surface area (TPSA) is 37.4 Å². The number of hydrogen-bond donors (Lipinski definition) is 0. The highest BCUT2D eigenvalue weighted by Crippen LogP contribution is 2.57. The van der Waals surface area contributed by atoms with Crippen LogP contribution in [0.4, 0.5) is 0 Å². The lowest BCUT2D eigenvalue weighted by Gasteiger charge is -2.35. The Morgan fingerprint density at radius 3 is 2.18 bits per heavy atom. The smallest absolute Gasteiger partial charge is 0.246 e. The van der Waals surface area contributed by atoms with Crippen molar-refractivity contribution in [1.82, 2.24) is 4.90 Å². The van der Waals surface area contributed by atoms with Crippen molar-refractivity contribution < 1.29 is 9.59 Å². The van der Waals surface area contributed by atoms with Crippen molar-refractivity contribution in [2.75, 3.05) is 7.05 Å². The second kappa shape index (κ2) is 5.27. The summed E-state index contributed by atoms with van der Waals surface area (Å²) < 4.78 is 0. The van der Waals surface area contributed by atoms with Crippen molar-refractivity contribution in [3.63, 3.8) is 0 Å².